The van der Waals surface area contributed by atoms with Crippen LogP contribution in [0.5, 0.6) is 0 Å². The second-order valence-corrected chi connectivity index (χ2v) is 9.75. The lowest BCUT2D eigenvalue weighted by molar-refractivity contribution is -0.134. The Morgan fingerprint density at radius 2 is 1.87 bits per heavy atom. The van der Waals surface area contributed by atoms with Crippen LogP contribution in [0.15, 0.2) is 30.3 Å². The van der Waals surface area contributed by atoms with Gasteiger partial charge in [0, 0.05) is 55.1 Å². The first kappa shape index (κ1) is 21.8. The van der Waals surface area contributed by atoms with E-state index in [1.54, 1.807) is 11.3 Å². The molecule has 1 aromatic heterocycles. The van der Waals surface area contributed by atoms with Crippen LogP contribution in [0, 0.1) is 11.8 Å². The molecule has 2 amide bonds. The fraction of sp³-hybridized carbons (Fsp3) is 0.542. The standard InChI is InChI=1S/C24H32N4O2S/c1-4-28(19-8-6-5-7-9-19)23(30)18-10-11-20-21(16-18)31-24(25-20)27-14-12-26(13-15-27)22(29)17(2)3/h5-9,17-18H,4,10-16H2,1-3H3/t18-/m0/s1. The van der Waals surface area contributed by atoms with Crippen LogP contribution in [0.25, 0.3) is 0 Å². The molecule has 0 bridgehead atoms. The van der Waals surface area contributed by atoms with E-state index >= 15 is 0 Å². The molecular formula is C24H32N4O2S. The van der Waals surface area contributed by atoms with Gasteiger partial charge < -0.3 is 14.7 Å². The smallest absolute Gasteiger partial charge is 0.230 e. The van der Waals surface area contributed by atoms with Crippen molar-refractivity contribution in [1.82, 2.24) is 9.88 Å². The van der Waals surface area contributed by atoms with Crippen molar-refractivity contribution in [2.24, 2.45) is 11.8 Å². The molecule has 2 aliphatic rings. The maximum absolute atomic E-state index is 13.3. The normalized spacial score (nSPS) is 18.8. The maximum atomic E-state index is 13.3. The molecule has 0 unspecified atom stereocenters. The Labute approximate surface area is 188 Å². The van der Waals surface area contributed by atoms with Crippen molar-refractivity contribution >= 4 is 34.0 Å². The van der Waals surface area contributed by atoms with Gasteiger partial charge in [0.05, 0.1) is 5.69 Å². The Kier molecular flexibility index (Phi) is 6.60. The summed E-state index contributed by atoms with van der Waals surface area (Å²) in [6.45, 7) is 9.79. The van der Waals surface area contributed by atoms with Crippen molar-refractivity contribution in [3.63, 3.8) is 0 Å². The number of piperazine rings is 1. The van der Waals surface area contributed by atoms with Gasteiger partial charge in [-0.1, -0.05) is 32.0 Å². The number of hydrogen-bond acceptors (Lipinski definition) is 5. The van der Waals surface area contributed by atoms with Crippen LogP contribution in [0.1, 0.15) is 37.8 Å². The van der Waals surface area contributed by atoms with Crippen LogP contribution in [0.3, 0.4) is 0 Å². The van der Waals surface area contributed by atoms with Gasteiger partial charge in [0.15, 0.2) is 5.13 Å². The van der Waals surface area contributed by atoms with Crippen molar-refractivity contribution < 1.29 is 9.59 Å². The number of aromatic nitrogens is 1. The van der Waals surface area contributed by atoms with Crippen LogP contribution in [0.2, 0.25) is 0 Å². The Morgan fingerprint density at radius 3 is 2.52 bits per heavy atom. The van der Waals surface area contributed by atoms with Crippen molar-refractivity contribution in [1.29, 1.82) is 0 Å². The Bertz CT molecular complexity index is 919. The first-order valence-electron chi connectivity index (χ1n) is 11.4. The van der Waals surface area contributed by atoms with E-state index in [0.29, 0.717) is 6.54 Å². The van der Waals surface area contributed by atoms with Gasteiger partial charge in [0.2, 0.25) is 11.8 Å². The van der Waals surface area contributed by atoms with Crippen molar-refractivity contribution in [3.8, 4) is 0 Å². The summed E-state index contributed by atoms with van der Waals surface area (Å²) >= 11 is 1.73. The maximum Gasteiger partial charge on any atom is 0.230 e. The minimum absolute atomic E-state index is 0.0152. The molecule has 2 aromatic rings. The molecular weight excluding hydrogens is 408 g/mol. The van der Waals surface area contributed by atoms with Gasteiger partial charge in [-0.05, 0) is 38.3 Å². The van der Waals surface area contributed by atoms with Gasteiger partial charge in [-0.2, -0.15) is 0 Å². The van der Waals surface area contributed by atoms with E-state index in [-0.39, 0.29) is 23.7 Å². The Hall–Kier alpha value is -2.41. The molecule has 1 fully saturated rings. The first-order valence-corrected chi connectivity index (χ1v) is 12.2. The summed E-state index contributed by atoms with van der Waals surface area (Å²) in [4.78, 5) is 37.8. The highest BCUT2D eigenvalue weighted by atomic mass is 32.1. The van der Waals surface area contributed by atoms with Gasteiger partial charge in [0.1, 0.15) is 0 Å². The quantitative estimate of drug-likeness (QED) is 0.713. The van der Waals surface area contributed by atoms with Gasteiger partial charge in [-0.15, -0.1) is 11.3 Å². The summed E-state index contributed by atoms with van der Waals surface area (Å²) in [5.41, 5.74) is 2.13. The fourth-order valence-electron chi connectivity index (χ4n) is 4.48. The van der Waals surface area contributed by atoms with E-state index in [9.17, 15) is 9.59 Å². The van der Waals surface area contributed by atoms with E-state index in [0.717, 1.165) is 62.0 Å². The summed E-state index contributed by atoms with van der Waals surface area (Å²) in [6.07, 6.45) is 2.50. The second kappa shape index (κ2) is 9.39. The SMILES string of the molecule is CCN(C(=O)[C@H]1CCc2nc(N3CCN(C(=O)C(C)C)CC3)sc2C1)c1ccccc1. The lowest BCUT2D eigenvalue weighted by atomic mass is 9.90. The third-order valence-electron chi connectivity index (χ3n) is 6.28. The molecule has 1 atom stereocenters. The van der Waals surface area contributed by atoms with Crippen LogP contribution >= 0.6 is 11.3 Å². The number of thiazole rings is 1. The zero-order valence-corrected chi connectivity index (χ0v) is 19.5. The molecule has 1 aromatic carbocycles. The number of fused-ring (bicyclic) bond motifs is 1. The number of nitrogens with zero attached hydrogens (tertiary/aromatic N) is 4. The molecule has 0 N–H and O–H groups in total. The monoisotopic (exact) mass is 440 g/mol. The van der Waals surface area contributed by atoms with Gasteiger partial charge in [-0.3, -0.25) is 9.59 Å². The second-order valence-electron chi connectivity index (χ2n) is 8.69. The summed E-state index contributed by atoms with van der Waals surface area (Å²) in [5.74, 6) is 0.515. The number of para-hydroxylation sites is 1. The lowest BCUT2D eigenvalue weighted by Gasteiger charge is -2.35. The van der Waals surface area contributed by atoms with Crippen LogP contribution in [-0.4, -0.2) is 54.4 Å². The molecule has 7 heteroatoms. The van der Waals surface area contributed by atoms with E-state index in [1.165, 1.54) is 4.88 Å². The molecule has 1 aliphatic carbocycles. The number of amides is 2. The zero-order valence-electron chi connectivity index (χ0n) is 18.7. The molecule has 4 rings (SSSR count). The average molecular weight is 441 g/mol. The third kappa shape index (κ3) is 4.61. The summed E-state index contributed by atoms with van der Waals surface area (Å²) < 4.78 is 0. The topological polar surface area (TPSA) is 56.8 Å². The van der Waals surface area contributed by atoms with Crippen LogP contribution in [0.4, 0.5) is 10.8 Å². The highest BCUT2D eigenvalue weighted by molar-refractivity contribution is 7.15. The van der Waals surface area contributed by atoms with E-state index in [4.69, 9.17) is 4.98 Å². The van der Waals surface area contributed by atoms with Crippen molar-refractivity contribution in [2.75, 3.05) is 42.5 Å². The first-order chi connectivity index (χ1) is 15.0. The largest absolute Gasteiger partial charge is 0.345 e. The molecule has 0 radical (unpaired) electrons. The molecule has 0 saturated carbocycles. The number of aryl methyl sites for hydroxylation is 1. The number of benzene rings is 1. The van der Waals surface area contributed by atoms with Crippen LogP contribution in [-0.2, 0) is 22.4 Å². The van der Waals surface area contributed by atoms with E-state index in [1.807, 2.05) is 60.9 Å². The van der Waals surface area contributed by atoms with Crippen molar-refractivity contribution in [2.45, 2.75) is 40.0 Å². The van der Waals surface area contributed by atoms with Gasteiger partial charge in [0.25, 0.3) is 0 Å². The molecule has 6 nitrogen and oxygen atoms in total. The van der Waals surface area contributed by atoms with Gasteiger partial charge in [-0.25, -0.2) is 4.98 Å². The van der Waals surface area contributed by atoms with Gasteiger partial charge >= 0.3 is 0 Å². The summed E-state index contributed by atoms with van der Waals surface area (Å²) in [7, 11) is 0. The number of hydrogen-bond donors (Lipinski definition) is 0. The van der Waals surface area contributed by atoms with E-state index in [2.05, 4.69) is 4.90 Å². The third-order valence-corrected chi connectivity index (χ3v) is 7.46. The molecule has 0 spiro atoms. The highest BCUT2D eigenvalue weighted by Gasteiger charge is 2.32. The number of anilines is 2. The Morgan fingerprint density at radius 1 is 1.16 bits per heavy atom. The number of rotatable bonds is 5. The van der Waals surface area contributed by atoms with Crippen molar-refractivity contribution in [3.05, 3.63) is 40.9 Å². The Balaban J connectivity index is 1.41. The minimum atomic E-state index is 0.0152. The molecule has 166 valence electrons. The van der Waals surface area contributed by atoms with E-state index < -0.39 is 0 Å². The van der Waals surface area contributed by atoms with Crippen LogP contribution < -0.4 is 9.80 Å². The summed E-state index contributed by atoms with van der Waals surface area (Å²) in [5, 5.41) is 1.05. The summed E-state index contributed by atoms with van der Waals surface area (Å²) in [6, 6.07) is 9.95. The molecule has 1 aliphatic heterocycles. The lowest BCUT2D eigenvalue weighted by Crippen LogP contribution is -2.49. The number of carbonyl (C=O) groups is 2. The molecule has 31 heavy (non-hydrogen) atoms. The predicted molar refractivity (Wildman–Crippen MR) is 126 cm³/mol. The zero-order chi connectivity index (χ0) is 22.0. The molecule has 1 saturated heterocycles. The average Bonchev–Trinajstić information content (AvgIpc) is 3.23. The highest BCUT2D eigenvalue weighted by Crippen LogP contribution is 2.35. The fourth-order valence-corrected chi connectivity index (χ4v) is 5.72. The predicted octanol–water partition coefficient (Wildman–Crippen LogP) is 3.61. The molecule has 2 heterocycles. The minimum Gasteiger partial charge on any atom is -0.345 e. The number of carbonyl (C=O) groups excluding carboxylic acids is 2.